The maximum absolute atomic E-state index is 13.1. The van der Waals surface area contributed by atoms with Crippen molar-refractivity contribution in [1.29, 1.82) is 0 Å². The number of fused-ring (bicyclic) bond motifs is 2. The normalized spacial score (nSPS) is 12.3. The summed E-state index contributed by atoms with van der Waals surface area (Å²) < 4.78 is 10.5. The number of urea groups is 1. The predicted octanol–water partition coefficient (Wildman–Crippen LogP) is 5.48. The molecule has 0 saturated carbocycles. The molecule has 8 heteroatoms. The van der Waals surface area contributed by atoms with Crippen molar-refractivity contribution in [3.05, 3.63) is 66.2 Å². The fourth-order valence-electron chi connectivity index (χ4n) is 3.48. The van der Waals surface area contributed by atoms with Gasteiger partial charge in [0.2, 0.25) is 0 Å². The van der Waals surface area contributed by atoms with Crippen molar-refractivity contribution in [2.45, 2.75) is 16.7 Å². The molecule has 0 aliphatic carbocycles. The molecule has 0 radical (unpaired) electrons. The molecule has 7 nitrogen and oxygen atoms in total. The summed E-state index contributed by atoms with van der Waals surface area (Å²) >= 11 is 1.55. The summed E-state index contributed by atoms with van der Waals surface area (Å²) in [7, 11) is 3.09. The summed E-state index contributed by atoms with van der Waals surface area (Å²) in [5.41, 5.74) is 2.55. The van der Waals surface area contributed by atoms with Gasteiger partial charge in [-0.15, -0.1) is 0 Å². The van der Waals surface area contributed by atoms with Crippen LogP contribution in [0.15, 0.2) is 70.5 Å². The quantitative estimate of drug-likeness (QED) is 0.539. The molecule has 0 spiro atoms. The van der Waals surface area contributed by atoms with E-state index < -0.39 is 6.03 Å². The second kappa shape index (κ2) is 9.23. The molecule has 3 aromatic carbocycles. The molecule has 0 unspecified atom stereocenters. The van der Waals surface area contributed by atoms with Crippen LogP contribution < -0.4 is 25.0 Å². The molecule has 1 aliphatic rings. The molecule has 3 amide bonds. The van der Waals surface area contributed by atoms with Gasteiger partial charge < -0.3 is 25.0 Å². The van der Waals surface area contributed by atoms with Gasteiger partial charge in [0, 0.05) is 45.9 Å². The van der Waals surface area contributed by atoms with Gasteiger partial charge in [0.25, 0.3) is 5.91 Å². The van der Waals surface area contributed by atoms with Crippen LogP contribution in [0.5, 0.6) is 11.5 Å². The van der Waals surface area contributed by atoms with E-state index in [0.29, 0.717) is 35.0 Å². The van der Waals surface area contributed by atoms with Gasteiger partial charge in [0.1, 0.15) is 11.5 Å². The molecule has 164 valence electrons. The number of benzene rings is 3. The third kappa shape index (κ3) is 4.36. The van der Waals surface area contributed by atoms with Crippen molar-refractivity contribution in [3.63, 3.8) is 0 Å². The van der Waals surface area contributed by atoms with Crippen LogP contribution in [0.1, 0.15) is 17.3 Å². The SMILES string of the molecule is CCN1C(=O)c2ccccc2Sc2ccc(NC(=O)Nc3cc(OC)cc(OC)c3)cc21. The van der Waals surface area contributed by atoms with Gasteiger partial charge in [0.05, 0.1) is 25.5 Å². The Morgan fingerprint density at radius 3 is 2.28 bits per heavy atom. The zero-order valence-electron chi connectivity index (χ0n) is 18.0. The zero-order chi connectivity index (χ0) is 22.7. The summed E-state index contributed by atoms with van der Waals surface area (Å²) in [4.78, 5) is 29.3. The Morgan fingerprint density at radius 2 is 1.59 bits per heavy atom. The van der Waals surface area contributed by atoms with E-state index in [1.165, 1.54) is 0 Å². The third-order valence-corrected chi connectivity index (χ3v) is 6.16. The Morgan fingerprint density at radius 1 is 0.906 bits per heavy atom. The highest BCUT2D eigenvalue weighted by Crippen LogP contribution is 2.42. The van der Waals surface area contributed by atoms with Crippen LogP contribution in [-0.2, 0) is 0 Å². The Labute approximate surface area is 190 Å². The maximum Gasteiger partial charge on any atom is 0.323 e. The summed E-state index contributed by atoms with van der Waals surface area (Å²) in [5.74, 6) is 1.08. The van der Waals surface area contributed by atoms with E-state index in [4.69, 9.17) is 9.47 Å². The second-order valence-electron chi connectivity index (χ2n) is 7.01. The minimum absolute atomic E-state index is 0.0561. The van der Waals surface area contributed by atoms with Gasteiger partial charge in [-0.2, -0.15) is 0 Å². The second-order valence-corrected chi connectivity index (χ2v) is 8.09. The lowest BCUT2D eigenvalue weighted by Crippen LogP contribution is -2.30. The lowest BCUT2D eigenvalue weighted by Gasteiger charge is -2.22. The van der Waals surface area contributed by atoms with Crippen LogP contribution in [-0.4, -0.2) is 32.7 Å². The molecular formula is C24H23N3O4S. The minimum Gasteiger partial charge on any atom is -0.497 e. The highest BCUT2D eigenvalue weighted by molar-refractivity contribution is 7.99. The third-order valence-electron chi connectivity index (χ3n) is 5.02. The zero-order valence-corrected chi connectivity index (χ0v) is 18.8. The summed E-state index contributed by atoms with van der Waals surface area (Å²) in [6, 6.07) is 17.8. The molecule has 0 saturated heterocycles. The van der Waals surface area contributed by atoms with E-state index >= 15 is 0 Å². The summed E-state index contributed by atoms with van der Waals surface area (Å²) in [6.45, 7) is 2.45. The molecule has 3 aromatic rings. The Bertz CT molecular complexity index is 1160. The van der Waals surface area contributed by atoms with Crippen LogP contribution in [0, 0.1) is 0 Å². The summed E-state index contributed by atoms with van der Waals surface area (Å²) in [6.07, 6.45) is 0. The summed E-state index contributed by atoms with van der Waals surface area (Å²) in [5, 5.41) is 5.62. The molecule has 1 aliphatic heterocycles. The van der Waals surface area contributed by atoms with Crippen LogP contribution in [0.4, 0.5) is 21.9 Å². The van der Waals surface area contributed by atoms with E-state index in [2.05, 4.69) is 10.6 Å². The number of ether oxygens (including phenoxy) is 2. The molecule has 32 heavy (non-hydrogen) atoms. The van der Waals surface area contributed by atoms with E-state index in [-0.39, 0.29) is 5.91 Å². The number of nitrogens with one attached hydrogen (secondary N) is 2. The van der Waals surface area contributed by atoms with E-state index in [1.54, 1.807) is 49.1 Å². The standard InChI is InChI=1S/C24H23N3O4S/c1-4-27-20-13-15(9-10-22(20)32-21-8-6-5-7-19(21)23(27)28)25-24(29)26-16-11-17(30-2)14-18(12-16)31-3/h5-14H,4H2,1-3H3,(H2,25,26,29). The number of rotatable bonds is 5. The first-order valence-electron chi connectivity index (χ1n) is 10.1. The maximum atomic E-state index is 13.1. The first-order valence-corrected chi connectivity index (χ1v) is 10.9. The van der Waals surface area contributed by atoms with Crippen LogP contribution in [0.3, 0.4) is 0 Å². The fraction of sp³-hybridized carbons (Fsp3) is 0.167. The number of nitrogens with zero attached hydrogens (tertiary/aromatic N) is 1. The lowest BCUT2D eigenvalue weighted by molar-refractivity contribution is 0.0985. The van der Waals surface area contributed by atoms with Gasteiger partial charge in [-0.25, -0.2) is 4.79 Å². The molecular weight excluding hydrogens is 426 g/mol. The number of carbonyl (C=O) groups excluding carboxylic acids is 2. The van der Waals surface area contributed by atoms with Crippen molar-refractivity contribution < 1.29 is 19.1 Å². The first kappa shape index (κ1) is 21.6. The van der Waals surface area contributed by atoms with Crippen LogP contribution in [0.25, 0.3) is 0 Å². The van der Waals surface area contributed by atoms with E-state index in [9.17, 15) is 9.59 Å². The largest absolute Gasteiger partial charge is 0.497 e. The molecule has 0 atom stereocenters. The number of hydrogen-bond acceptors (Lipinski definition) is 5. The van der Waals surface area contributed by atoms with Crippen molar-refractivity contribution in [2.24, 2.45) is 0 Å². The number of amides is 3. The van der Waals surface area contributed by atoms with Gasteiger partial charge in [-0.1, -0.05) is 23.9 Å². The number of carbonyl (C=O) groups is 2. The first-order chi connectivity index (χ1) is 15.5. The molecule has 2 N–H and O–H groups in total. The average Bonchev–Trinajstić information content (AvgIpc) is 2.92. The van der Waals surface area contributed by atoms with E-state index in [1.807, 2.05) is 49.4 Å². The Kier molecular flexibility index (Phi) is 6.23. The number of methoxy groups -OCH3 is 2. The van der Waals surface area contributed by atoms with Gasteiger partial charge >= 0.3 is 6.03 Å². The van der Waals surface area contributed by atoms with Crippen LogP contribution >= 0.6 is 11.8 Å². The molecule has 0 aromatic heterocycles. The van der Waals surface area contributed by atoms with Crippen molar-refractivity contribution in [3.8, 4) is 11.5 Å². The smallest absolute Gasteiger partial charge is 0.323 e. The monoisotopic (exact) mass is 449 g/mol. The fourth-order valence-corrected chi connectivity index (χ4v) is 4.54. The van der Waals surface area contributed by atoms with Crippen molar-refractivity contribution in [1.82, 2.24) is 0 Å². The lowest BCUT2D eigenvalue weighted by atomic mass is 10.1. The predicted molar refractivity (Wildman–Crippen MR) is 127 cm³/mol. The number of hydrogen-bond donors (Lipinski definition) is 2. The number of anilines is 3. The highest BCUT2D eigenvalue weighted by atomic mass is 32.2. The molecule has 4 rings (SSSR count). The van der Waals surface area contributed by atoms with E-state index in [0.717, 1.165) is 15.5 Å². The van der Waals surface area contributed by atoms with Gasteiger partial charge in [-0.3, -0.25) is 4.79 Å². The van der Waals surface area contributed by atoms with Crippen molar-refractivity contribution >= 4 is 40.8 Å². The average molecular weight is 450 g/mol. The Balaban J connectivity index is 1.58. The highest BCUT2D eigenvalue weighted by Gasteiger charge is 2.26. The van der Waals surface area contributed by atoms with Crippen LogP contribution in [0.2, 0.25) is 0 Å². The minimum atomic E-state index is -0.417. The Hall–Kier alpha value is -3.65. The molecule has 0 fully saturated rings. The topological polar surface area (TPSA) is 79.9 Å². The molecule has 1 heterocycles. The van der Waals surface area contributed by atoms with Gasteiger partial charge in [0.15, 0.2) is 0 Å². The molecule has 0 bridgehead atoms. The van der Waals surface area contributed by atoms with Crippen molar-refractivity contribution in [2.75, 3.05) is 36.3 Å². The van der Waals surface area contributed by atoms with Gasteiger partial charge in [-0.05, 0) is 37.3 Å².